The van der Waals surface area contributed by atoms with Crippen LogP contribution in [0.25, 0.3) is 11.2 Å². The smallest absolute Gasteiger partial charge is 0.280 e. The molecule has 0 bridgehead atoms. The highest BCUT2D eigenvalue weighted by Gasteiger charge is 2.47. The summed E-state index contributed by atoms with van der Waals surface area (Å²) >= 11 is 0. The zero-order valence-electron chi connectivity index (χ0n) is 20.4. The number of H-pyrrole nitrogens is 1. The largest absolute Gasteiger partial charge is 0.414 e. The number of fused-ring (bicyclic) bond motifs is 1. The molecule has 0 unspecified atom stereocenters. The maximum absolute atomic E-state index is 13.1. The van der Waals surface area contributed by atoms with E-state index >= 15 is 0 Å². The highest BCUT2D eigenvalue weighted by molar-refractivity contribution is 6.74. The fraction of sp³-hybridized carbons (Fsp3) is 0.667. The first-order valence-electron chi connectivity index (χ1n) is 10.9. The van der Waals surface area contributed by atoms with Crippen molar-refractivity contribution in [3.05, 3.63) is 16.7 Å². The number of rotatable bonds is 7. The summed E-state index contributed by atoms with van der Waals surface area (Å²) in [6.45, 7) is 14.3. The molecule has 1 aliphatic rings. The summed E-state index contributed by atoms with van der Waals surface area (Å²) in [5.41, 5.74) is -0.384. The minimum absolute atomic E-state index is 0.0000974. The number of hydrogen-bond acceptors (Lipinski definition) is 8. The van der Waals surface area contributed by atoms with Gasteiger partial charge in [-0.3, -0.25) is 29.3 Å². The number of methoxy groups -OCH3 is 1. The van der Waals surface area contributed by atoms with Crippen molar-refractivity contribution in [3.63, 3.8) is 0 Å². The molecule has 12 heteroatoms. The van der Waals surface area contributed by atoms with Crippen LogP contribution in [-0.4, -0.2) is 65.5 Å². The molecule has 0 spiro atoms. The van der Waals surface area contributed by atoms with E-state index in [-0.39, 0.29) is 46.4 Å². The maximum Gasteiger partial charge on any atom is 0.280 e. The first kappa shape index (κ1) is 25.2. The number of carbonyl (C=O) groups excluding carboxylic acids is 2. The fourth-order valence-corrected chi connectivity index (χ4v) is 4.16. The quantitative estimate of drug-likeness (QED) is 0.577. The topological polar surface area (TPSA) is 137 Å². The van der Waals surface area contributed by atoms with Gasteiger partial charge in [0.2, 0.25) is 17.6 Å². The Morgan fingerprint density at radius 2 is 2.00 bits per heavy atom. The Hall–Kier alpha value is -2.41. The number of nitrogens with one attached hydrogen (secondary N) is 2. The van der Waals surface area contributed by atoms with E-state index in [2.05, 4.69) is 54.1 Å². The highest BCUT2D eigenvalue weighted by Crippen LogP contribution is 2.38. The first-order valence-corrected chi connectivity index (χ1v) is 13.8. The van der Waals surface area contributed by atoms with Gasteiger partial charge in [-0.25, -0.2) is 4.98 Å². The lowest BCUT2D eigenvalue weighted by Gasteiger charge is -2.37. The number of aromatic nitrogens is 4. The van der Waals surface area contributed by atoms with Gasteiger partial charge in [-0.15, -0.1) is 0 Å². The zero-order valence-corrected chi connectivity index (χ0v) is 21.4. The van der Waals surface area contributed by atoms with E-state index in [0.29, 0.717) is 0 Å². The first-order chi connectivity index (χ1) is 15.3. The number of carbonyl (C=O) groups is 2. The van der Waals surface area contributed by atoms with Crippen LogP contribution in [-0.2, 0) is 23.5 Å². The fourth-order valence-electron chi connectivity index (χ4n) is 3.15. The lowest BCUT2D eigenvalue weighted by atomic mass is 10.1. The predicted molar refractivity (Wildman–Crippen MR) is 124 cm³/mol. The molecule has 0 aliphatic carbocycles. The van der Waals surface area contributed by atoms with Gasteiger partial charge in [0.15, 0.2) is 25.7 Å². The number of anilines is 1. The van der Waals surface area contributed by atoms with Crippen molar-refractivity contribution in [1.29, 1.82) is 0 Å². The molecule has 2 N–H and O–H groups in total. The number of Topliss-reactive ketones (excluding diaryl/α,β-unsaturated/α-hetero) is 1. The molecule has 33 heavy (non-hydrogen) atoms. The van der Waals surface area contributed by atoms with Gasteiger partial charge in [-0.1, -0.05) is 34.6 Å². The Morgan fingerprint density at radius 3 is 2.58 bits per heavy atom. The second kappa shape index (κ2) is 9.09. The Labute approximate surface area is 193 Å². The molecular weight excluding hydrogens is 446 g/mol. The van der Waals surface area contributed by atoms with Crippen LogP contribution in [0.5, 0.6) is 0 Å². The van der Waals surface area contributed by atoms with Crippen LogP contribution in [0.4, 0.5) is 5.95 Å². The van der Waals surface area contributed by atoms with Gasteiger partial charge in [0.25, 0.3) is 5.56 Å². The number of ether oxygens (including phenoxy) is 2. The van der Waals surface area contributed by atoms with Crippen molar-refractivity contribution in [3.8, 4) is 0 Å². The van der Waals surface area contributed by atoms with Crippen LogP contribution < -0.4 is 10.9 Å². The molecule has 2 aromatic rings. The summed E-state index contributed by atoms with van der Waals surface area (Å²) in [5, 5.41) is 2.56. The lowest BCUT2D eigenvalue weighted by molar-refractivity contribution is -0.131. The van der Waals surface area contributed by atoms with E-state index in [1.165, 1.54) is 18.0 Å². The van der Waals surface area contributed by atoms with E-state index in [1.54, 1.807) is 13.8 Å². The molecule has 3 heterocycles. The third-order valence-corrected chi connectivity index (χ3v) is 10.8. The Kier molecular flexibility index (Phi) is 6.94. The Morgan fingerprint density at radius 1 is 1.33 bits per heavy atom. The third kappa shape index (κ3) is 4.93. The van der Waals surface area contributed by atoms with Crippen LogP contribution in [0.2, 0.25) is 18.1 Å². The number of amides is 1. The van der Waals surface area contributed by atoms with E-state index < -0.39 is 32.3 Å². The molecule has 1 amide bonds. The monoisotopic (exact) mass is 479 g/mol. The van der Waals surface area contributed by atoms with E-state index in [9.17, 15) is 14.4 Å². The number of ketones is 1. The van der Waals surface area contributed by atoms with Crippen LogP contribution in [0.15, 0.2) is 11.1 Å². The third-order valence-electron chi connectivity index (χ3n) is 6.28. The van der Waals surface area contributed by atoms with Gasteiger partial charge >= 0.3 is 0 Å². The van der Waals surface area contributed by atoms with Crippen molar-refractivity contribution < 1.29 is 23.5 Å². The molecule has 1 aliphatic heterocycles. The number of imidazole rings is 1. The molecule has 182 valence electrons. The minimum atomic E-state index is -2.07. The second-order valence-corrected chi connectivity index (χ2v) is 14.8. The molecule has 1 fully saturated rings. The van der Waals surface area contributed by atoms with E-state index in [1.807, 2.05) is 0 Å². The maximum atomic E-state index is 13.1. The highest BCUT2D eigenvalue weighted by atomic mass is 28.4. The Bertz CT molecular complexity index is 1100. The number of nitrogens with zero attached hydrogens (tertiary/aromatic N) is 3. The molecule has 3 rings (SSSR count). The molecule has 1 saturated heterocycles. The van der Waals surface area contributed by atoms with Crippen molar-refractivity contribution in [1.82, 2.24) is 19.5 Å². The van der Waals surface area contributed by atoms with Gasteiger partial charge in [0.05, 0.1) is 12.9 Å². The molecule has 0 aromatic carbocycles. The second-order valence-electron chi connectivity index (χ2n) is 10.0. The van der Waals surface area contributed by atoms with Gasteiger partial charge in [0.1, 0.15) is 12.2 Å². The number of hydrogen-bond donors (Lipinski definition) is 2. The van der Waals surface area contributed by atoms with Crippen LogP contribution in [0.3, 0.4) is 0 Å². The van der Waals surface area contributed by atoms with Crippen molar-refractivity contribution in [2.45, 2.75) is 71.2 Å². The average Bonchev–Trinajstić information content (AvgIpc) is 3.26. The minimum Gasteiger partial charge on any atom is -0.414 e. The summed E-state index contributed by atoms with van der Waals surface area (Å²) in [5.74, 6) is -0.964. The van der Waals surface area contributed by atoms with Crippen molar-refractivity contribution in [2.75, 3.05) is 19.0 Å². The zero-order chi connectivity index (χ0) is 24.7. The molecule has 3 atom stereocenters. The summed E-state index contributed by atoms with van der Waals surface area (Å²) in [6.07, 6.45) is -1.22. The summed E-state index contributed by atoms with van der Waals surface area (Å²) in [4.78, 5) is 48.5. The molecule has 0 saturated carbocycles. The van der Waals surface area contributed by atoms with Crippen molar-refractivity contribution in [2.24, 2.45) is 5.92 Å². The van der Waals surface area contributed by atoms with Crippen LogP contribution in [0.1, 0.15) is 40.8 Å². The summed E-state index contributed by atoms with van der Waals surface area (Å²) in [7, 11) is -0.626. The van der Waals surface area contributed by atoms with Gasteiger partial charge in [0, 0.05) is 13.0 Å². The normalized spacial score (nSPS) is 21.8. The van der Waals surface area contributed by atoms with Gasteiger partial charge < -0.3 is 13.9 Å². The molecule has 11 nitrogen and oxygen atoms in total. The lowest BCUT2D eigenvalue weighted by Crippen LogP contribution is -2.44. The molecular formula is C21H33N5O6Si. The van der Waals surface area contributed by atoms with Gasteiger partial charge in [-0.05, 0) is 18.1 Å². The van der Waals surface area contributed by atoms with Crippen LogP contribution in [0, 0.1) is 5.92 Å². The SMILES string of the molecule is CO[C@H]1C(=O)[C@H](n2cnc3c(=O)[nH]c(NC(=O)C(C)C)nc32)O[C@@H]1CO[Si](C)(C)C(C)(C)C. The standard InChI is InChI=1S/C21H33N5O6Si/c1-11(2)17(28)24-20-23-16-13(18(29)25-20)22-10-26(16)19-14(27)15(30-6)12(32-19)9-31-33(7,8)21(3,4)5/h10-12,15,19H,9H2,1-8H3,(H2,23,24,25,28,29)/t12-,15-,19-/m1/s1. The summed E-state index contributed by atoms with van der Waals surface area (Å²) in [6, 6.07) is 0. The number of aromatic amines is 1. The Balaban J connectivity index is 1.90. The molecule has 2 aromatic heterocycles. The van der Waals surface area contributed by atoms with Crippen LogP contribution >= 0.6 is 0 Å². The van der Waals surface area contributed by atoms with Gasteiger partial charge in [-0.2, -0.15) is 4.98 Å². The van der Waals surface area contributed by atoms with E-state index in [4.69, 9.17) is 13.9 Å². The molecule has 0 radical (unpaired) electrons. The van der Waals surface area contributed by atoms with E-state index in [0.717, 1.165) is 0 Å². The van der Waals surface area contributed by atoms with Crippen molar-refractivity contribution >= 4 is 37.1 Å². The predicted octanol–water partition coefficient (Wildman–Crippen LogP) is 2.22. The summed E-state index contributed by atoms with van der Waals surface area (Å²) < 4.78 is 19.1. The average molecular weight is 480 g/mol.